The van der Waals surface area contributed by atoms with E-state index in [1.165, 1.54) is 11.3 Å². The quantitative estimate of drug-likeness (QED) is 0.861. The van der Waals surface area contributed by atoms with E-state index in [0.29, 0.717) is 9.77 Å². The molecule has 0 saturated heterocycles. The molecule has 110 valence electrons. The molecule has 0 amide bonds. The van der Waals surface area contributed by atoms with Gasteiger partial charge in [-0.15, -0.1) is 11.3 Å². The van der Waals surface area contributed by atoms with Crippen molar-refractivity contribution in [2.24, 2.45) is 5.73 Å². The maximum Gasteiger partial charge on any atom is 0.242 e. The summed E-state index contributed by atoms with van der Waals surface area (Å²) in [7, 11) is -3.53. The van der Waals surface area contributed by atoms with Gasteiger partial charge in [0.15, 0.2) is 0 Å². The van der Waals surface area contributed by atoms with Crippen LogP contribution < -0.4 is 10.5 Å². The fourth-order valence-corrected chi connectivity index (χ4v) is 5.43. The number of benzene rings is 1. The molecule has 0 spiro atoms. The first-order valence-electron chi connectivity index (χ1n) is 6.72. The van der Waals surface area contributed by atoms with Crippen LogP contribution in [0.15, 0.2) is 29.2 Å². The molecule has 3 N–H and O–H groups in total. The average Bonchev–Trinajstić information content (AvgIpc) is 2.77. The van der Waals surface area contributed by atoms with Gasteiger partial charge in [0.05, 0.1) is 0 Å². The standard InChI is InChI=1S/C14H20N2O2S2/c1-3-6-10(2)16-20(17,18)14-11-7-4-5-8-12(11)19-13(14)9-15/h4-5,7-8,10,16H,3,6,9,15H2,1-2H3. The summed E-state index contributed by atoms with van der Waals surface area (Å²) >= 11 is 1.45. The molecule has 1 unspecified atom stereocenters. The van der Waals surface area contributed by atoms with E-state index in [1.54, 1.807) is 0 Å². The van der Waals surface area contributed by atoms with E-state index in [9.17, 15) is 8.42 Å². The second-order valence-corrected chi connectivity index (χ2v) is 7.65. The van der Waals surface area contributed by atoms with E-state index >= 15 is 0 Å². The predicted octanol–water partition coefficient (Wildman–Crippen LogP) is 2.83. The molecule has 2 rings (SSSR count). The van der Waals surface area contributed by atoms with Crippen molar-refractivity contribution in [1.82, 2.24) is 4.72 Å². The fraction of sp³-hybridized carbons (Fsp3) is 0.429. The molecule has 0 bridgehead atoms. The van der Waals surface area contributed by atoms with E-state index in [1.807, 2.05) is 38.1 Å². The number of hydrogen-bond donors (Lipinski definition) is 2. The van der Waals surface area contributed by atoms with Crippen molar-refractivity contribution in [1.29, 1.82) is 0 Å². The summed E-state index contributed by atoms with van der Waals surface area (Å²) in [5.41, 5.74) is 5.72. The van der Waals surface area contributed by atoms with Gasteiger partial charge in [-0.2, -0.15) is 0 Å². The molecule has 2 aromatic rings. The largest absolute Gasteiger partial charge is 0.326 e. The summed E-state index contributed by atoms with van der Waals surface area (Å²) in [6.07, 6.45) is 1.76. The zero-order valence-electron chi connectivity index (χ0n) is 11.7. The molecule has 1 heterocycles. The third-order valence-corrected chi connectivity index (χ3v) is 6.19. The monoisotopic (exact) mass is 312 g/mol. The average molecular weight is 312 g/mol. The number of rotatable bonds is 6. The smallest absolute Gasteiger partial charge is 0.242 e. The molecule has 0 fully saturated rings. The first-order valence-corrected chi connectivity index (χ1v) is 9.02. The van der Waals surface area contributed by atoms with Crippen molar-refractivity contribution in [2.75, 3.05) is 0 Å². The van der Waals surface area contributed by atoms with Crippen LogP contribution >= 0.6 is 11.3 Å². The minimum absolute atomic E-state index is 0.0747. The molecule has 0 saturated carbocycles. The van der Waals surface area contributed by atoms with Gasteiger partial charge < -0.3 is 5.73 Å². The Morgan fingerprint density at radius 1 is 1.35 bits per heavy atom. The van der Waals surface area contributed by atoms with Crippen LogP contribution in [0.2, 0.25) is 0 Å². The predicted molar refractivity (Wildman–Crippen MR) is 84.4 cm³/mol. The number of fused-ring (bicyclic) bond motifs is 1. The van der Waals surface area contributed by atoms with Crippen LogP contribution in [-0.4, -0.2) is 14.5 Å². The lowest BCUT2D eigenvalue weighted by Crippen LogP contribution is -2.32. The van der Waals surface area contributed by atoms with Gasteiger partial charge in [-0.05, 0) is 19.4 Å². The number of nitrogens with two attached hydrogens (primary N) is 1. The van der Waals surface area contributed by atoms with Gasteiger partial charge in [0.25, 0.3) is 0 Å². The Morgan fingerprint density at radius 2 is 2.05 bits per heavy atom. The summed E-state index contributed by atoms with van der Waals surface area (Å²) in [4.78, 5) is 1.06. The van der Waals surface area contributed by atoms with Crippen LogP contribution in [0.5, 0.6) is 0 Å². The molecule has 0 radical (unpaired) electrons. The van der Waals surface area contributed by atoms with Crippen LogP contribution in [0, 0.1) is 0 Å². The SMILES string of the molecule is CCCC(C)NS(=O)(=O)c1c(CN)sc2ccccc12. The lowest BCUT2D eigenvalue weighted by atomic mass is 10.2. The van der Waals surface area contributed by atoms with Crippen molar-refractivity contribution in [2.45, 2.75) is 44.2 Å². The Hall–Kier alpha value is -0.950. The van der Waals surface area contributed by atoms with Gasteiger partial charge in [-0.25, -0.2) is 13.1 Å². The van der Waals surface area contributed by atoms with Crippen molar-refractivity contribution in [3.8, 4) is 0 Å². The van der Waals surface area contributed by atoms with Crippen molar-refractivity contribution in [3.05, 3.63) is 29.1 Å². The zero-order valence-corrected chi connectivity index (χ0v) is 13.4. The van der Waals surface area contributed by atoms with Crippen molar-refractivity contribution < 1.29 is 8.42 Å². The highest BCUT2D eigenvalue weighted by atomic mass is 32.2. The first-order chi connectivity index (χ1) is 9.49. The molecular weight excluding hydrogens is 292 g/mol. The van der Waals surface area contributed by atoms with E-state index < -0.39 is 10.0 Å². The second kappa shape index (κ2) is 6.22. The minimum Gasteiger partial charge on any atom is -0.326 e. The topological polar surface area (TPSA) is 72.2 Å². The molecule has 0 aliphatic rings. The Bertz CT molecular complexity index is 692. The number of hydrogen-bond acceptors (Lipinski definition) is 4. The van der Waals surface area contributed by atoms with Crippen LogP contribution in [-0.2, 0) is 16.6 Å². The van der Waals surface area contributed by atoms with Crippen LogP contribution in [0.25, 0.3) is 10.1 Å². The van der Waals surface area contributed by atoms with Crippen LogP contribution in [0.3, 0.4) is 0 Å². The van der Waals surface area contributed by atoms with Gasteiger partial charge >= 0.3 is 0 Å². The molecule has 20 heavy (non-hydrogen) atoms. The molecule has 1 aromatic heterocycles. The van der Waals surface area contributed by atoms with E-state index in [2.05, 4.69) is 4.72 Å². The van der Waals surface area contributed by atoms with Crippen molar-refractivity contribution >= 4 is 31.4 Å². The highest BCUT2D eigenvalue weighted by molar-refractivity contribution is 7.90. The normalized spacial score (nSPS) is 13.8. The van der Waals surface area contributed by atoms with E-state index in [-0.39, 0.29) is 12.6 Å². The third kappa shape index (κ3) is 3.03. The number of sulfonamides is 1. The summed E-state index contributed by atoms with van der Waals surface area (Å²) < 4.78 is 28.9. The number of thiophene rings is 1. The summed E-state index contributed by atoms with van der Waals surface area (Å²) in [5, 5.41) is 0.758. The van der Waals surface area contributed by atoms with Crippen LogP contribution in [0.1, 0.15) is 31.6 Å². The zero-order chi connectivity index (χ0) is 14.8. The lowest BCUT2D eigenvalue weighted by Gasteiger charge is -2.13. The third-order valence-electron chi connectivity index (χ3n) is 3.15. The maximum absolute atomic E-state index is 12.6. The first kappa shape index (κ1) is 15.4. The Labute approximate surface area is 124 Å². The highest BCUT2D eigenvalue weighted by Gasteiger charge is 2.25. The minimum atomic E-state index is -3.53. The Balaban J connectivity index is 2.50. The molecule has 0 aliphatic carbocycles. The van der Waals surface area contributed by atoms with Crippen molar-refractivity contribution in [3.63, 3.8) is 0 Å². The molecular formula is C14H20N2O2S2. The molecule has 0 aliphatic heterocycles. The van der Waals surface area contributed by atoms with E-state index in [4.69, 9.17) is 5.73 Å². The Morgan fingerprint density at radius 3 is 2.70 bits per heavy atom. The Kier molecular flexibility index (Phi) is 4.80. The van der Waals surface area contributed by atoms with Gasteiger partial charge in [0, 0.05) is 27.5 Å². The summed E-state index contributed by atoms with van der Waals surface area (Å²) in [5.74, 6) is 0. The highest BCUT2D eigenvalue weighted by Crippen LogP contribution is 2.34. The molecule has 4 nitrogen and oxygen atoms in total. The van der Waals surface area contributed by atoms with Gasteiger partial charge in [-0.3, -0.25) is 0 Å². The number of nitrogens with one attached hydrogen (secondary N) is 1. The summed E-state index contributed by atoms with van der Waals surface area (Å²) in [6.45, 7) is 4.16. The molecule has 1 atom stereocenters. The van der Waals surface area contributed by atoms with Gasteiger partial charge in [0.1, 0.15) is 4.90 Å². The lowest BCUT2D eigenvalue weighted by molar-refractivity contribution is 0.544. The molecule has 6 heteroatoms. The van der Waals surface area contributed by atoms with E-state index in [0.717, 1.165) is 22.9 Å². The maximum atomic E-state index is 12.6. The van der Waals surface area contributed by atoms with Gasteiger partial charge in [-0.1, -0.05) is 31.5 Å². The summed E-state index contributed by atoms with van der Waals surface area (Å²) in [6, 6.07) is 7.44. The fourth-order valence-electron chi connectivity index (χ4n) is 2.32. The second-order valence-electron chi connectivity index (χ2n) is 4.87. The van der Waals surface area contributed by atoms with Crippen LogP contribution in [0.4, 0.5) is 0 Å². The van der Waals surface area contributed by atoms with Gasteiger partial charge in [0.2, 0.25) is 10.0 Å². The molecule has 1 aromatic carbocycles.